The van der Waals surface area contributed by atoms with Crippen LogP contribution in [0.15, 0.2) is 10.3 Å². The molecule has 0 radical (unpaired) electrons. The zero-order valence-corrected chi connectivity index (χ0v) is 14.5. The molecule has 0 amide bonds. The summed E-state index contributed by atoms with van der Waals surface area (Å²) in [6, 6.07) is 0.870. The molecule has 0 saturated heterocycles. The molecule has 0 aliphatic rings. The van der Waals surface area contributed by atoms with Crippen LogP contribution in [0.2, 0.25) is 0 Å². The highest BCUT2D eigenvalue weighted by atomic mass is 32.2. The fourth-order valence-corrected chi connectivity index (χ4v) is 4.90. The van der Waals surface area contributed by atoms with Crippen molar-refractivity contribution in [3.05, 3.63) is 16.2 Å². The topological polar surface area (TPSA) is 101 Å². The Bertz CT molecular complexity index is 586. The fourth-order valence-electron chi connectivity index (χ4n) is 1.60. The van der Waals surface area contributed by atoms with E-state index in [0.717, 1.165) is 23.8 Å². The van der Waals surface area contributed by atoms with Crippen molar-refractivity contribution in [3.8, 4) is 0 Å². The fraction of sp³-hybridized carbons (Fsp3) is 0.636. The van der Waals surface area contributed by atoms with E-state index in [-0.39, 0.29) is 20.9 Å². The number of thioether (sulfide) groups is 1. The number of sulfonamides is 1. The van der Waals surface area contributed by atoms with Crippen molar-refractivity contribution in [3.63, 3.8) is 0 Å². The van der Waals surface area contributed by atoms with Gasteiger partial charge in [0.2, 0.25) is 0 Å². The van der Waals surface area contributed by atoms with E-state index < -0.39 is 14.9 Å². The van der Waals surface area contributed by atoms with Crippen LogP contribution in [0.25, 0.3) is 0 Å². The van der Waals surface area contributed by atoms with Crippen LogP contribution in [-0.4, -0.2) is 37.9 Å². The minimum absolute atomic E-state index is 0.0410. The minimum Gasteiger partial charge on any atom is -0.371 e. The van der Waals surface area contributed by atoms with Gasteiger partial charge in [-0.15, -0.1) is 0 Å². The Labute approximate surface area is 132 Å². The SMILES string of the molecule is CCCNc1sc(S(=O)(=O)NC(C)CSC)cc1[N+](=O)[O-]. The van der Waals surface area contributed by atoms with Crippen LogP contribution < -0.4 is 10.0 Å². The molecule has 2 N–H and O–H groups in total. The number of rotatable bonds is 9. The number of anilines is 1. The lowest BCUT2D eigenvalue weighted by atomic mass is 10.4. The Kier molecular flexibility index (Phi) is 6.91. The standard InChI is InChI=1S/C11H19N3O4S3/c1-4-5-12-11-9(14(15)16)6-10(20-11)21(17,18)13-8(2)7-19-3/h6,8,12-13H,4-5,7H2,1-3H3. The lowest BCUT2D eigenvalue weighted by Gasteiger charge is -2.11. The molecule has 21 heavy (non-hydrogen) atoms. The van der Waals surface area contributed by atoms with Crippen LogP contribution in [0.5, 0.6) is 0 Å². The molecular formula is C11H19N3O4S3. The molecule has 10 heteroatoms. The van der Waals surface area contributed by atoms with Crippen LogP contribution in [-0.2, 0) is 10.0 Å². The van der Waals surface area contributed by atoms with Gasteiger partial charge in [-0.2, -0.15) is 11.8 Å². The van der Waals surface area contributed by atoms with Crippen molar-refractivity contribution in [1.82, 2.24) is 4.72 Å². The summed E-state index contributed by atoms with van der Waals surface area (Å²) >= 11 is 2.41. The summed E-state index contributed by atoms with van der Waals surface area (Å²) in [7, 11) is -3.73. The first-order chi connectivity index (χ1) is 9.81. The van der Waals surface area contributed by atoms with Gasteiger partial charge in [0.05, 0.1) is 4.92 Å². The zero-order chi connectivity index (χ0) is 16.0. The molecule has 1 unspecified atom stereocenters. The van der Waals surface area contributed by atoms with Crippen LogP contribution in [0.4, 0.5) is 10.7 Å². The summed E-state index contributed by atoms with van der Waals surface area (Å²) in [5, 5.41) is 14.2. The first-order valence-electron chi connectivity index (χ1n) is 6.35. The normalized spacial score (nSPS) is 13.1. The Morgan fingerprint density at radius 3 is 2.71 bits per heavy atom. The molecule has 0 aliphatic carbocycles. The number of nitrogens with one attached hydrogen (secondary N) is 2. The molecule has 0 spiro atoms. The highest BCUT2D eigenvalue weighted by Crippen LogP contribution is 2.37. The second-order valence-electron chi connectivity index (χ2n) is 4.44. The van der Waals surface area contributed by atoms with Crippen molar-refractivity contribution in [2.45, 2.75) is 30.5 Å². The second kappa shape index (κ2) is 7.97. The van der Waals surface area contributed by atoms with Gasteiger partial charge in [-0.3, -0.25) is 10.1 Å². The first-order valence-corrected chi connectivity index (χ1v) is 10.0. The summed E-state index contributed by atoms with van der Waals surface area (Å²) in [5.74, 6) is 0.633. The van der Waals surface area contributed by atoms with E-state index in [0.29, 0.717) is 12.3 Å². The van der Waals surface area contributed by atoms with Crippen LogP contribution in [0.1, 0.15) is 20.3 Å². The third-order valence-corrected chi connectivity index (χ3v) is 6.44. The maximum atomic E-state index is 12.2. The van der Waals surface area contributed by atoms with Crippen molar-refractivity contribution >= 4 is 43.8 Å². The summed E-state index contributed by atoms with van der Waals surface area (Å²) in [5.41, 5.74) is -0.202. The molecule has 0 saturated carbocycles. The highest BCUT2D eigenvalue weighted by Gasteiger charge is 2.26. The molecule has 0 fully saturated rings. The van der Waals surface area contributed by atoms with Crippen LogP contribution in [0.3, 0.4) is 0 Å². The van der Waals surface area contributed by atoms with Gasteiger partial charge in [-0.05, 0) is 19.6 Å². The summed E-state index contributed by atoms with van der Waals surface area (Å²) in [4.78, 5) is 10.4. The largest absolute Gasteiger partial charge is 0.371 e. The number of hydrogen-bond donors (Lipinski definition) is 2. The van der Waals surface area contributed by atoms with Crippen LogP contribution >= 0.6 is 23.1 Å². The highest BCUT2D eigenvalue weighted by molar-refractivity contribution is 7.98. The maximum absolute atomic E-state index is 12.2. The van der Waals surface area contributed by atoms with Crippen molar-refractivity contribution in [1.29, 1.82) is 0 Å². The van der Waals surface area contributed by atoms with E-state index in [2.05, 4.69) is 10.0 Å². The molecule has 1 atom stereocenters. The molecule has 1 heterocycles. The molecule has 0 aliphatic heterocycles. The van der Waals surface area contributed by atoms with Crippen LogP contribution in [0, 0.1) is 10.1 Å². The number of thiophene rings is 1. The number of nitrogens with zero attached hydrogens (tertiary/aromatic N) is 1. The summed E-state index contributed by atoms with van der Waals surface area (Å²) in [6.07, 6.45) is 2.67. The van der Waals surface area contributed by atoms with Gasteiger partial charge in [-0.1, -0.05) is 18.3 Å². The lowest BCUT2D eigenvalue weighted by molar-refractivity contribution is -0.383. The minimum atomic E-state index is -3.73. The van der Waals surface area contributed by atoms with Gasteiger partial charge in [-0.25, -0.2) is 13.1 Å². The van der Waals surface area contributed by atoms with Crippen molar-refractivity contribution in [2.75, 3.05) is 23.9 Å². The van der Waals surface area contributed by atoms with Gasteiger partial charge < -0.3 is 5.32 Å². The second-order valence-corrected chi connectivity index (χ2v) is 8.35. The van der Waals surface area contributed by atoms with E-state index in [1.54, 1.807) is 6.92 Å². The Balaban J connectivity index is 3.04. The molecule has 7 nitrogen and oxygen atoms in total. The average Bonchev–Trinajstić information content (AvgIpc) is 2.81. The van der Waals surface area contributed by atoms with Crippen molar-refractivity contribution < 1.29 is 13.3 Å². The zero-order valence-electron chi connectivity index (χ0n) is 12.1. The molecule has 0 aromatic carbocycles. The van der Waals surface area contributed by atoms with Gasteiger partial charge in [0.15, 0.2) is 5.00 Å². The summed E-state index contributed by atoms with van der Waals surface area (Å²) in [6.45, 7) is 4.24. The Morgan fingerprint density at radius 1 is 1.52 bits per heavy atom. The molecular weight excluding hydrogens is 334 g/mol. The lowest BCUT2D eigenvalue weighted by Crippen LogP contribution is -2.33. The van der Waals surface area contributed by atoms with Gasteiger partial charge in [0, 0.05) is 24.4 Å². The third-order valence-electron chi connectivity index (χ3n) is 2.46. The van der Waals surface area contributed by atoms with E-state index in [1.165, 1.54) is 11.8 Å². The first kappa shape index (κ1) is 18.2. The van der Waals surface area contributed by atoms with E-state index in [9.17, 15) is 18.5 Å². The predicted molar refractivity (Wildman–Crippen MR) is 87.9 cm³/mol. The monoisotopic (exact) mass is 353 g/mol. The molecule has 120 valence electrons. The molecule has 1 rings (SSSR count). The number of hydrogen-bond acceptors (Lipinski definition) is 7. The van der Waals surface area contributed by atoms with Gasteiger partial charge in [0.25, 0.3) is 10.0 Å². The predicted octanol–water partition coefficient (Wildman–Crippen LogP) is 2.51. The van der Waals surface area contributed by atoms with E-state index in [4.69, 9.17) is 0 Å². The average molecular weight is 353 g/mol. The molecule has 1 aromatic rings. The Morgan fingerprint density at radius 2 is 2.19 bits per heavy atom. The van der Waals surface area contributed by atoms with Gasteiger partial charge >= 0.3 is 5.69 Å². The quantitative estimate of drug-likeness (QED) is 0.522. The van der Waals surface area contributed by atoms with E-state index >= 15 is 0 Å². The third kappa shape index (κ3) is 5.13. The Hall–Kier alpha value is -0.840. The van der Waals surface area contributed by atoms with E-state index in [1.807, 2.05) is 13.2 Å². The summed E-state index contributed by atoms with van der Waals surface area (Å²) < 4.78 is 26.9. The van der Waals surface area contributed by atoms with Gasteiger partial charge in [0.1, 0.15) is 4.21 Å². The maximum Gasteiger partial charge on any atom is 0.304 e. The number of nitro groups is 1. The molecule has 0 bridgehead atoms. The smallest absolute Gasteiger partial charge is 0.304 e. The van der Waals surface area contributed by atoms with Crippen molar-refractivity contribution in [2.24, 2.45) is 0 Å². The molecule has 1 aromatic heterocycles.